The van der Waals surface area contributed by atoms with Crippen molar-refractivity contribution in [3.8, 4) is 5.75 Å². The van der Waals surface area contributed by atoms with Gasteiger partial charge in [0.15, 0.2) is 0 Å². The molecule has 0 unspecified atom stereocenters. The summed E-state index contributed by atoms with van der Waals surface area (Å²) < 4.78 is 5.38. The third-order valence-corrected chi connectivity index (χ3v) is 3.13. The van der Waals surface area contributed by atoms with Gasteiger partial charge in [0, 0.05) is 20.2 Å². The first-order valence-electron chi connectivity index (χ1n) is 7.44. The van der Waals surface area contributed by atoms with Crippen LogP contribution in [0.2, 0.25) is 0 Å². The van der Waals surface area contributed by atoms with Crippen molar-refractivity contribution in [2.24, 2.45) is 0 Å². The van der Waals surface area contributed by atoms with Crippen LogP contribution in [0.25, 0.3) is 6.08 Å². The third kappa shape index (κ3) is 5.14. The second kappa shape index (κ2) is 7.98. The van der Waals surface area contributed by atoms with Crippen LogP contribution in [0.3, 0.4) is 0 Å². The van der Waals surface area contributed by atoms with Gasteiger partial charge in [-0.25, -0.2) is 4.98 Å². The van der Waals surface area contributed by atoms with Crippen LogP contribution in [0, 0.1) is 0 Å². The summed E-state index contributed by atoms with van der Waals surface area (Å²) in [7, 11) is 3.88. The minimum atomic E-state index is -0.219. The molecule has 1 amide bonds. The molecule has 0 spiro atoms. The fraction of sp³-hybridized carbons (Fsp3) is 0.222. The number of benzene rings is 1. The highest BCUT2D eigenvalue weighted by atomic mass is 16.5. The van der Waals surface area contributed by atoms with Gasteiger partial charge in [0.25, 0.3) is 0 Å². The quantitative estimate of drug-likeness (QED) is 0.832. The molecule has 1 aromatic heterocycles. The minimum Gasteiger partial charge on any atom is -0.494 e. The molecule has 5 nitrogen and oxygen atoms in total. The lowest BCUT2D eigenvalue weighted by Gasteiger charge is -2.11. The lowest BCUT2D eigenvalue weighted by molar-refractivity contribution is -0.111. The van der Waals surface area contributed by atoms with E-state index in [4.69, 9.17) is 4.74 Å². The summed E-state index contributed by atoms with van der Waals surface area (Å²) in [4.78, 5) is 18.1. The number of nitrogens with zero attached hydrogens (tertiary/aromatic N) is 2. The van der Waals surface area contributed by atoms with Gasteiger partial charge in [-0.3, -0.25) is 4.79 Å². The molecule has 2 rings (SSSR count). The SMILES string of the molecule is CCOc1ccc(C=CC(=O)Nc2ccc(N(C)C)cn2)cc1. The minimum absolute atomic E-state index is 0.219. The first-order chi connectivity index (χ1) is 11.1. The molecule has 0 saturated heterocycles. The summed E-state index contributed by atoms with van der Waals surface area (Å²) in [5.74, 6) is 1.13. The molecule has 0 atom stereocenters. The second-order valence-corrected chi connectivity index (χ2v) is 5.12. The molecule has 0 aliphatic carbocycles. The normalized spacial score (nSPS) is 10.6. The highest BCUT2D eigenvalue weighted by Gasteiger charge is 2.01. The summed E-state index contributed by atoms with van der Waals surface area (Å²) in [6.07, 6.45) is 4.95. The first kappa shape index (κ1) is 16.5. The van der Waals surface area contributed by atoms with Crippen molar-refractivity contribution >= 4 is 23.5 Å². The van der Waals surface area contributed by atoms with E-state index in [9.17, 15) is 4.79 Å². The number of nitrogens with one attached hydrogen (secondary N) is 1. The van der Waals surface area contributed by atoms with E-state index in [1.54, 1.807) is 18.3 Å². The topological polar surface area (TPSA) is 54.5 Å². The maximum Gasteiger partial charge on any atom is 0.249 e. The molecule has 23 heavy (non-hydrogen) atoms. The van der Waals surface area contributed by atoms with E-state index in [1.807, 2.05) is 56.3 Å². The van der Waals surface area contributed by atoms with E-state index in [1.165, 1.54) is 6.08 Å². The molecule has 0 aliphatic heterocycles. The monoisotopic (exact) mass is 311 g/mol. The summed E-state index contributed by atoms with van der Waals surface area (Å²) in [5.41, 5.74) is 1.91. The number of carbonyl (C=O) groups excluding carboxylic acids is 1. The zero-order chi connectivity index (χ0) is 16.7. The molecular formula is C18H21N3O2. The van der Waals surface area contributed by atoms with Crippen molar-refractivity contribution in [2.45, 2.75) is 6.92 Å². The fourth-order valence-corrected chi connectivity index (χ4v) is 1.91. The summed E-state index contributed by atoms with van der Waals surface area (Å²) >= 11 is 0. The number of anilines is 2. The summed E-state index contributed by atoms with van der Waals surface area (Å²) in [5, 5.41) is 2.73. The number of aromatic nitrogens is 1. The maximum absolute atomic E-state index is 11.9. The highest BCUT2D eigenvalue weighted by molar-refractivity contribution is 6.01. The first-order valence-corrected chi connectivity index (χ1v) is 7.44. The average molecular weight is 311 g/mol. The van der Waals surface area contributed by atoms with Crippen LogP contribution >= 0.6 is 0 Å². The fourth-order valence-electron chi connectivity index (χ4n) is 1.91. The summed E-state index contributed by atoms with van der Waals surface area (Å²) in [6, 6.07) is 11.2. The van der Waals surface area contributed by atoms with Crippen molar-refractivity contribution in [2.75, 3.05) is 30.9 Å². The predicted molar refractivity (Wildman–Crippen MR) is 93.8 cm³/mol. The lowest BCUT2D eigenvalue weighted by atomic mass is 10.2. The Morgan fingerprint density at radius 1 is 1.22 bits per heavy atom. The van der Waals surface area contributed by atoms with E-state index in [0.717, 1.165) is 17.0 Å². The molecule has 0 fully saturated rings. The molecule has 0 radical (unpaired) electrons. The third-order valence-electron chi connectivity index (χ3n) is 3.13. The zero-order valence-corrected chi connectivity index (χ0v) is 13.6. The Morgan fingerprint density at radius 3 is 2.52 bits per heavy atom. The van der Waals surface area contributed by atoms with Crippen LogP contribution in [-0.2, 0) is 4.79 Å². The Labute approximate surface area is 136 Å². The molecule has 0 saturated carbocycles. The van der Waals surface area contributed by atoms with E-state index >= 15 is 0 Å². The van der Waals surface area contributed by atoms with Crippen molar-refractivity contribution in [1.82, 2.24) is 4.98 Å². The van der Waals surface area contributed by atoms with Crippen molar-refractivity contribution in [1.29, 1.82) is 0 Å². The van der Waals surface area contributed by atoms with E-state index in [-0.39, 0.29) is 5.91 Å². The van der Waals surface area contributed by atoms with Crippen molar-refractivity contribution < 1.29 is 9.53 Å². The van der Waals surface area contributed by atoms with Crippen LogP contribution in [0.4, 0.5) is 11.5 Å². The van der Waals surface area contributed by atoms with Gasteiger partial charge in [-0.2, -0.15) is 0 Å². The number of rotatable bonds is 6. The van der Waals surface area contributed by atoms with Crippen LogP contribution in [0.1, 0.15) is 12.5 Å². The standard InChI is InChI=1S/C18H21N3O2/c1-4-23-16-9-5-14(6-10-16)7-12-18(22)20-17-11-8-15(13-19-17)21(2)3/h5-13H,4H2,1-3H3,(H,19,20,22). The van der Waals surface area contributed by atoms with Crippen LogP contribution < -0.4 is 15.0 Å². The van der Waals surface area contributed by atoms with Crippen LogP contribution in [0.15, 0.2) is 48.7 Å². The van der Waals surface area contributed by atoms with Gasteiger partial charge in [0.1, 0.15) is 11.6 Å². The number of hydrogen-bond acceptors (Lipinski definition) is 4. The molecule has 1 N–H and O–H groups in total. The van der Waals surface area contributed by atoms with Crippen LogP contribution in [0.5, 0.6) is 5.75 Å². The lowest BCUT2D eigenvalue weighted by Crippen LogP contribution is -2.11. The molecule has 0 aliphatic rings. The van der Waals surface area contributed by atoms with Gasteiger partial charge >= 0.3 is 0 Å². The van der Waals surface area contributed by atoms with Gasteiger partial charge in [-0.1, -0.05) is 12.1 Å². The Bertz CT molecular complexity index is 662. The average Bonchev–Trinajstić information content (AvgIpc) is 2.55. The van der Waals surface area contributed by atoms with E-state index in [2.05, 4.69) is 10.3 Å². The van der Waals surface area contributed by atoms with Gasteiger partial charge in [-0.15, -0.1) is 0 Å². The van der Waals surface area contributed by atoms with E-state index < -0.39 is 0 Å². The molecule has 1 aromatic carbocycles. The Morgan fingerprint density at radius 2 is 1.96 bits per heavy atom. The Hall–Kier alpha value is -2.82. The van der Waals surface area contributed by atoms with Gasteiger partial charge in [0.05, 0.1) is 18.5 Å². The number of hydrogen-bond donors (Lipinski definition) is 1. The Balaban J connectivity index is 1.93. The Kier molecular flexibility index (Phi) is 5.74. The van der Waals surface area contributed by atoms with Crippen molar-refractivity contribution in [3.63, 3.8) is 0 Å². The van der Waals surface area contributed by atoms with Crippen molar-refractivity contribution in [3.05, 3.63) is 54.2 Å². The number of carbonyl (C=O) groups is 1. The number of pyridine rings is 1. The molecular weight excluding hydrogens is 290 g/mol. The highest BCUT2D eigenvalue weighted by Crippen LogP contribution is 2.14. The number of amides is 1. The van der Waals surface area contributed by atoms with Gasteiger partial charge < -0.3 is 15.0 Å². The van der Waals surface area contributed by atoms with Gasteiger partial charge in [-0.05, 0) is 42.8 Å². The van der Waals surface area contributed by atoms with Crippen LogP contribution in [-0.4, -0.2) is 31.6 Å². The second-order valence-electron chi connectivity index (χ2n) is 5.12. The van der Waals surface area contributed by atoms with Gasteiger partial charge in [0.2, 0.25) is 5.91 Å². The molecule has 0 bridgehead atoms. The molecule has 2 aromatic rings. The molecule has 1 heterocycles. The predicted octanol–water partition coefficient (Wildman–Crippen LogP) is 3.20. The molecule has 120 valence electrons. The summed E-state index contributed by atoms with van der Waals surface area (Å²) in [6.45, 7) is 2.58. The molecule has 5 heteroatoms. The largest absolute Gasteiger partial charge is 0.494 e. The van der Waals surface area contributed by atoms with E-state index in [0.29, 0.717) is 12.4 Å². The number of ether oxygens (including phenoxy) is 1. The maximum atomic E-state index is 11.9. The zero-order valence-electron chi connectivity index (χ0n) is 13.6. The smallest absolute Gasteiger partial charge is 0.249 e.